The molecule has 40 heavy (non-hydrogen) atoms. The van der Waals surface area contributed by atoms with Gasteiger partial charge in [0, 0.05) is 18.7 Å². The van der Waals surface area contributed by atoms with Gasteiger partial charge >= 0.3 is 0 Å². The lowest BCUT2D eigenvalue weighted by Crippen LogP contribution is -2.35. The zero-order valence-electron chi connectivity index (χ0n) is 22.3. The molecule has 1 saturated heterocycles. The third-order valence-electron chi connectivity index (χ3n) is 6.54. The van der Waals surface area contributed by atoms with E-state index in [1.807, 2.05) is 13.0 Å². The first-order valence-electron chi connectivity index (χ1n) is 12.9. The normalized spacial score (nSPS) is 14.5. The summed E-state index contributed by atoms with van der Waals surface area (Å²) in [4.78, 5) is 12.7. The van der Waals surface area contributed by atoms with Gasteiger partial charge in [-0.1, -0.05) is 35.7 Å². The van der Waals surface area contributed by atoms with Crippen LogP contribution in [0.5, 0.6) is 5.75 Å². The lowest BCUT2D eigenvalue weighted by atomic mass is 10.1. The van der Waals surface area contributed by atoms with Crippen molar-refractivity contribution in [2.24, 2.45) is 0 Å². The molecule has 0 bridgehead atoms. The smallest absolute Gasteiger partial charge is 0.263 e. The van der Waals surface area contributed by atoms with Gasteiger partial charge in [0.05, 0.1) is 22.2 Å². The average Bonchev–Trinajstić information content (AvgIpc) is 2.93. The Hall–Kier alpha value is -3.12. The lowest BCUT2D eigenvalue weighted by molar-refractivity contribution is 0.0946. The monoisotopic (exact) mass is 605 g/mol. The summed E-state index contributed by atoms with van der Waals surface area (Å²) in [5, 5.41) is 2.68. The number of hydrogen-bond donors (Lipinski definition) is 2. The number of carbonyl (C=O) groups is 1. The van der Waals surface area contributed by atoms with Gasteiger partial charge in [0.25, 0.3) is 15.9 Å². The summed E-state index contributed by atoms with van der Waals surface area (Å²) in [5.41, 5.74) is 2.30. The van der Waals surface area contributed by atoms with E-state index in [1.54, 1.807) is 31.2 Å². The summed E-state index contributed by atoms with van der Waals surface area (Å²) in [5.74, 6) is -0.0320. The molecule has 0 aromatic heterocycles. The van der Waals surface area contributed by atoms with Crippen molar-refractivity contribution in [2.45, 2.75) is 42.9 Å². The van der Waals surface area contributed by atoms with Gasteiger partial charge in [0.1, 0.15) is 17.3 Å². The van der Waals surface area contributed by atoms with Crippen LogP contribution < -0.4 is 14.8 Å². The summed E-state index contributed by atoms with van der Waals surface area (Å²) in [6, 6.07) is 15.6. The summed E-state index contributed by atoms with van der Waals surface area (Å²) in [6.45, 7) is 5.03. The van der Waals surface area contributed by atoms with Gasteiger partial charge in [-0.3, -0.25) is 9.52 Å². The summed E-state index contributed by atoms with van der Waals surface area (Å²) in [7, 11) is -7.57. The van der Waals surface area contributed by atoms with Crippen LogP contribution >= 0.6 is 11.6 Å². The number of nitrogens with zero attached hydrogens (tertiary/aromatic N) is 1. The molecule has 0 spiro atoms. The minimum Gasteiger partial charge on any atom is -0.492 e. The minimum atomic E-state index is -4.05. The van der Waals surface area contributed by atoms with Crippen molar-refractivity contribution in [3.05, 3.63) is 82.4 Å². The fourth-order valence-electron chi connectivity index (χ4n) is 4.38. The van der Waals surface area contributed by atoms with Crippen LogP contribution in [0.25, 0.3) is 0 Å². The van der Waals surface area contributed by atoms with Gasteiger partial charge in [-0.05, 0) is 80.8 Å². The molecule has 12 heteroatoms. The lowest BCUT2D eigenvalue weighted by Gasteiger charge is -2.25. The first-order chi connectivity index (χ1) is 19.0. The SMILES string of the molecule is Cc1ccc(NS(=O)(=O)c2cc(C(=O)NCCOc3ccc(S(=O)(=O)N4CCCCC4)cc3)ccc2Cl)c(C)c1. The highest BCUT2D eigenvalue weighted by atomic mass is 35.5. The first kappa shape index (κ1) is 29.9. The molecule has 1 aliphatic heterocycles. The number of anilines is 1. The molecule has 3 aromatic rings. The quantitative estimate of drug-likeness (QED) is 0.322. The van der Waals surface area contributed by atoms with Crippen molar-refractivity contribution in [2.75, 3.05) is 31.0 Å². The van der Waals surface area contributed by atoms with Gasteiger partial charge in [-0.25, -0.2) is 16.8 Å². The Bertz CT molecular complexity index is 1590. The molecular weight excluding hydrogens is 574 g/mol. The van der Waals surface area contributed by atoms with Crippen molar-refractivity contribution in [1.29, 1.82) is 0 Å². The average molecular weight is 606 g/mol. The van der Waals surface area contributed by atoms with Gasteiger partial charge < -0.3 is 10.1 Å². The van der Waals surface area contributed by atoms with Gasteiger partial charge in [0.15, 0.2) is 0 Å². The molecule has 1 amide bonds. The second kappa shape index (κ2) is 12.6. The van der Waals surface area contributed by atoms with E-state index in [0.717, 1.165) is 30.4 Å². The van der Waals surface area contributed by atoms with Gasteiger partial charge in [0.2, 0.25) is 10.0 Å². The number of hydrogen-bond acceptors (Lipinski definition) is 6. The Morgan fingerprint density at radius 2 is 1.62 bits per heavy atom. The van der Waals surface area contributed by atoms with Crippen LogP contribution in [0.3, 0.4) is 0 Å². The maximum atomic E-state index is 13.0. The summed E-state index contributed by atoms with van der Waals surface area (Å²) in [6.07, 6.45) is 2.77. The molecule has 1 fully saturated rings. The van der Waals surface area contributed by atoms with Crippen LogP contribution in [0.4, 0.5) is 5.69 Å². The van der Waals surface area contributed by atoms with Crippen LogP contribution in [0.15, 0.2) is 70.5 Å². The predicted octanol–water partition coefficient (Wildman–Crippen LogP) is 4.74. The molecule has 4 rings (SSSR count). The maximum absolute atomic E-state index is 13.0. The number of carbonyl (C=O) groups excluding carboxylic acids is 1. The summed E-state index contributed by atoms with van der Waals surface area (Å²) < 4.78 is 61.3. The molecule has 214 valence electrons. The fraction of sp³-hybridized carbons (Fsp3) is 0.321. The van der Waals surface area contributed by atoms with E-state index in [2.05, 4.69) is 10.0 Å². The molecule has 2 N–H and O–H groups in total. The van der Waals surface area contributed by atoms with Crippen LogP contribution in [0.1, 0.15) is 40.7 Å². The van der Waals surface area contributed by atoms with E-state index < -0.39 is 26.0 Å². The van der Waals surface area contributed by atoms with Crippen LogP contribution in [0.2, 0.25) is 5.02 Å². The number of piperidine rings is 1. The largest absolute Gasteiger partial charge is 0.492 e. The van der Waals surface area contributed by atoms with Gasteiger partial charge in [-0.15, -0.1) is 0 Å². The molecule has 3 aromatic carbocycles. The number of sulfonamides is 2. The summed E-state index contributed by atoms with van der Waals surface area (Å²) >= 11 is 6.18. The molecular formula is C28H32ClN3O6S2. The number of benzene rings is 3. The highest BCUT2D eigenvalue weighted by Crippen LogP contribution is 2.27. The number of nitrogens with one attached hydrogen (secondary N) is 2. The first-order valence-corrected chi connectivity index (χ1v) is 16.2. The second-order valence-electron chi connectivity index (χ2n) is 9.61. The molecule has 1 heterocycles. The van der Waals surface area contributed by atoms with E-state index in [0.29, 0.717) is 24.5 Å². The second-order valence-corrected chi connectivity index (χ2v) is 13.6. The number of halogens is 1. The number of aryl methyl sites for hydroxylation is 2. The van der Waals surface area contributed by atoms with Crippen molar-refractivity contribution < 1.29 is 26.4 Å². The molecule has 1 aliphatic rings. The van der Waals surface area contributed by atoms with Crippen molar-refractivity contribution in [3.63, 3.8) is 0 Å². The Morgan fingerprint density at radius 3 is 2.30 bits per heavy atom. The van der Waals surface area contributed by atoms with Crippen LogP contribution in [-0.4, -0.2) is 53.3 Å². The van der Waals surface area contributed by atoms with E-state index in [-0.39, 0.29) is 33.5 Å². The third-order valence-corrected chi connectivity index (χ3v) is 10.3. The van der Waals surface area contributed by atoms with Crippen LogP contribution in [-0.2, 0) is 20.0 Å². The Morgan fingerprint density at radius 1 is 0.925 bits per heavy atom. The van der Waals surface area contributed by atoms with Gasteiger partial charge in [-0.2, -0.15) is 4.31 Å². The van der Waals surface area contributed by atoms with Crippen LogP contribution in [0, 0.1) is 13.8 Å². The van der Waals surface area contributed by atoms with Crippen molar-refractivity contribution >= 4 is 43.2 Å². The van der Waals surface area contributed by atoms with E-state index in [9.17, 15) is 21.6 Å². The third kappa shape index (κ3) is 7.14. The number of rotatable bonds is 10. The topological polar surface area (TPSA) is 122 Å². The molecule has 0 atom stereocenters. The zero-order valence-corrected chi connectivity index (χ0v) is 24.7. The Kier molecular flexibility index (Phi) is 9.40. The Balaban J connectivity index is 1.33. The minimum absolute atomic E-state index is 0.0112. The predicted molar refractivity (Wildman–Crippen MR) is 155 cm³/mol. The number of amides is 1. The van der Waals surface area contributed by atoms with E-state index >= 15 is 0 Å². The van der Waals surface area contributed by atoms with Crippen molar-refractivity contribution in [3.8, 4) is 5.75 Å². The maximum Gasteiger partial charge on any atom is 0.263 e. The Labute approximate surface area is 240 Å². The van der Waals surface area contributed by atoms with E-state index in [4.69, 9.17) is 16.3 Å². The molecule has 0 radical (unpaired) electrons. The highest BCUT2D eigenvalue weighted by Gasteiger charge is 2.26. The van der Waals surface area contributed by atoms with E-state index in [1.165, 1.54) is 34.6 Å². The zero-order chi connectivity index (χ0) is 28.9. The number of ether oxygens (including phenoxy) is 1. The molecule has 0 saturated carbocycles. The standard InChI is InChI=1S/C28H32ClN3O6S2/c1-20-6-13-26(21(2)18-20)31-39(34,35)27-19-22(7-12-25(27)29)28(33)30-14-17-38-23-8-10-24(11-9-23)40(36,37)32-15-4-3-5-16-32/h6-13,18-19,31H,3-5,14-17H2,1-2H3,(H,30,33). The highest BCUT2D eigenvalue weighted by molar-refractivity contribution is 7.92. The van der Waals surface area contributed by atoms with Crippen molar-refractivity contribution in [1.82, 2.24) is 9.62 Å². The molecule has 0 unspecified atom stereocenters. The molecule has 0 aliphatic carbocycles. The molecule has 9 nitrogen and oxygen atoms in total. The fourth-order valence-corrected chi connectivity index (χ4v) is 7.55.